The van der Waals surface area contributed by atoms with E-state index in [1.807, 2.05) is 7.05 Å². The smallest absolute Gasteiger partial charge is 0.273 e. The molecule has 2 heterocycles. The molecule has 0 atom stereocenters. The minimum absolute atomic E-state index is 0.00876. The Morgan fingerprint density at radius 2 is 1.75 bits per heavy atom. The lowest BCUT2D eigenvalue weighted by Gasteiger charge is -2.35. The maximum absolute atomic E-state index is 12.6. The van der Waals surface area contributed by atoms with Crippen LogP contribution in [0.1, 0.15) is 25.0 Å². The van der Waals surface area contributed by atoms with Crippen molar-refractivity contribution in [3.63, 3.8) is 0 Å². The van der Waals surface area contributed by atoms with Crippen molar-refractivity contribution in [1.29, 1.82) is 0 Å². The molecule has 1 amide bonds. The molecule has 0 aliphatic carbocycles. The maximum Gasteiger partial charge on any atom is 0.273 e. The minimum atomic E-state index is -0.376. The van der Waals surface area contributed by atoms with Gasteiger partial charge in [0.05, 0.1) is 21.3 Å². The quantitative estimate of drug-likeness (QED) is 0.648. The van der Waals surface area contributed by atoms with E-state index in [2.05, 4.69) is 27.1 Å². The van der Waals surface area contributed by atoms with E-state index in [1.54, 1.807) is 17.0 Å². The van der Waals surface area contributed by atoms with Gasteiger partial charge in [-0.05, 0) is 45.1 Å². The first-order chi connectivity index (χ1) is 15.4. The Balaban J connectivity index is 1.70. The molecule has 0 saturated carbocycles. The first-order valence-corrected chi connectivity index (χ1v) is 10.6. The van der Waals surface area contributed by atoms with Crippen molar-refractivity contribution < 1.29 is 19.0 Å². The van der Waals surface area contributed by atoms with Crippen LogP contribution >= 0.6 is 0 Å². The predicted octanol–water partition coefficient (Wildman–Crippen LogP) is 1.34. The second-order valence-electron chi connectivity index (χ2n) is 7.90. The van der Waals surface area contributed by atoms with Crippen LogP contribution < -0.4 is 19.8 Å². The number of benzene rings is 1. The highest BCUT2D eigenvalue weighted by molar-refractivity contribution is 5.76. The monoisotopic (exact) mass is 445 g/mol. The molecule has 1 aromatic carbocycles. The van der Waals surface area contributed by atoms with Crippen molar-refractivity contribution in [1.82, 2.24) is 25.0 Å². The molecule has 174 valence electrons. The van der Waals surface area contributed by atoms with Gasteiger partial charge in [-0.15, -0.1) is 10.2 Å². The number of amides is 1. The lowest BCUT2D eigenvalue weighted by Crippen LogP contribution is -2.44. The van der Waals surface area contributed by atoms with Crippen LogP contribution in [0.5, 0.6) is 17.2 Å². The first kappa shape index (κ1) is 23.5. The van der Waals surface area contributed by atoms with E-state index in [9.17, 15) is 9.59 Å². The zero-order chi connectivity index (χ0) is 23.3. The first-order valence-electron chi connectivity index (χ1n) is 10.6. The molecule has 1 aliphatic rings. The molecule has 1 fully saturated rings. The van der Waals surface area contributed by atoms with Gasteiger partial charge in [0, 0.05) is 31.5 Å². The summed E-state index contributed by atoms with van der Waals surface area (Å²) in [6.45, 7) is 1.96. The summed E-state index contributed by atoms with van der Waals surface area (Å²) in [6, 6.07) is 3.60. The summed E-state index contributed by atoms with van der Waals surface area (Å²) < 4.78 is 16.0. The maximum atomic E-state index is 12.6. The summed E-state index contributed by atoms with van der Waals surface area (Å²) in [7, 11) is 8.46. The van der Waals surface area contributed by atoms with Crippen molar-refractivity contribution in [2.24, 2.45) is 0 Å². The second-order valence-corrected chi connectivity index (χ2v) is 7.90. The summed E-state index contributed by atoms with van der Waals surface area (Å²) in [5.41, 5.74) is 0.415. The number of aromatic amines is 1. The Labute approximate surface area is 187 Å². The number of carbonyl (C=O) groups is 1. The van der Waals surface area contributed by atoms with E-state index in [-0.39, 0.29) is 41.9 Å². The van der Waals surface area contributed by atoms with Gasteiger partial charge in [0.1, 0.15) is 5.69 Å². The number of methoxy groups -OCH3 is 3. The highest BCUT2D eigenvalue weighted by atomic mass is 16.5. The molecular weight excluding hydrogens is 414 g/mol. The summed E-state index contributed by atoms with van der Waals surface area (Å²) in [5.74, 6) is 1.60. The van der Waals surface area contributed by atoms with Gasteiger partial charge in [-0.2, -0.15) is 0 Å². The number of aryl methyl sites for hydroxylation is 1. The molecule has 0 unspecified atom stereocenters. The molecule has 10 heteroatoms. The van der Waals surface area contributed by atoms with Crippen molar-refractivity contribution in [3.8, 4) is 28.6 Å². The normalized spacial score (nSPS) is 14.8. The molecule has 1 N–H and O–H groups in total. The third kappa shape index (κ3) is 5.18. The number of ether oxygens (including phenoxy) is 3. The fourth-order valence-corrected chi connectivity index (χ4v) is 3.86. The molecule has 1 saturated heterocycles. The molecule has 0 bridgehead atoms. The van der Waals surface area contributed by atoms with Crippen LogP contribution in [0.2, 0.25) is 0 Å². The zero-order valence-corrected chi connectivity index (χ0v) is 19.3. The van der Waals surface area contributed by atoms with Crippen LogP contribution in [0.15, 0.2) is 16.9 Å². The topological polar surface area (TPSA) is 110 Å². The Morgan fingerprint density at radius 1 is 1.12 bits per heavy atom. The van der Waals surface area contributed by atoms with Crippen LogP contribution in [-0.2, 0) is 11.2 Å². The average Bonchev–Trinajstić information content (AvgIpc) is 2.81. The number of likely N-dealkylation sites (tertiary alicyclic amines) is 1. The third-order valence-electron chi connectivity index (χ3n) is 5.91. The number of hydrogen-bond acceptors (Lipinski definition) is 8. The Bertz CT molecular complexity index is 975. The van der Waals surface area contributed by atoms with Crippen LogP contribution in [0.4, 0.5) is 0 Å². The molecule has 2 aromatic rings. The number of nitrogens with one attached hydrogen (secondary N) is 1. The minimum Gasteiger partial charge on any atom is -0.493 e. The number of H-pyrrole nitrogens is 1. The van der Waals surface area contributed by atoms with Crippen molar-refractivity contribution in [3.05, 3.63) is 28.2 Å². The van der Waals surface area contributed by atoms with E-state index < -0.39 is 0 Å². The van der Waals surface area contributed by atoms with Gasteiger partial charge in [0.15, 0.2) is 17.3 Å². The number of nitrogens with zero attached hydrogens (tertiary/aromatic N) is 4. The van der Waals surface area contributed by atoms with Gasteiger partial charge in [0.2, 0.25) is 11.7 Å². The number of aromatic nitrogens is 3. The highest BCUT2D eigenvalue weighted by Crippen LogP contribution is 2.40. The summed E-state index contributed by atoms with van der Waals surface area (Å²) in [6.07, 6.45) is 2.36. The van der Waals surface area contributed by atoms with Crippen LogP contribution in [0.3, 0.4) is 0 Å². The summed E-state index contributed by atoms with van der Waals surface area (Å²) in [4.78, 5) is 32.0. The second kappa shape index (κ2) is 10.4. The van der Waals surface area contributed by atoms with E-state index in [0.717, 1.165) is 25.9 Å². The Kier molecular flexibility index (Phi) is 7.68. The molecule has 3 rings (SSSR count). The van der Waals surface area contributed by atoms with Crippen LogP contribution in [0, 0.1) is 0 Å². The third-order valence-corrected chi connectivity index (χ3v) is 5.91. The highest BCUT2D eigenvalue weighted by Gasteiger charge is 2.24. The van der Waals surface area contributed by atoms with E-state index in [0.29, 0.717) is 22.8 Å². The molecular formula is C22H31N5O5. The fraction of sp³-hybridized carbons (Fsp3) is 0.545. The van der Waals surface area contributed by atoms with Crippen LogP contribution in [0.25, 0.3) is 11.4 Å². The fourth-order valence-electron chi connectivity index (χ4n) is 3.86. The molecule has 1 aliphatic heterocycles. The van der Waals surface area contributed by atoms with Gasteiger partial charge in [-0.3, -0.25) is 9.59 Å². The molecule has 0 radical (unpaired) electrons. The number of piperidine rings is 1. The SMILES string of the molecule is COc1cc(-c2nnc(CCC(=O)N(C)C3CCN(C)CC3)c(=O)[nH]2)cc(OC)c1OC. The van der Waals surface area contributed by atoms with Gasteiger partial charge < -0.3 is 29.0 Å². The van der Waals surface area contributed by atoms with E-state index in [1.165, 1.54) is 21.3 Å². The zero-order valence-electron chi connectivity index (χ0n) is 19.3. The standard InChI is InChI=1S/C22H31N5O5/c1-26-10-8-15(9-11-26)27(2)19(28)7-6-16-22(29)23-21(25-24-16)14-12-17(30-3)20(32-5)18(13-14)31-4/h12-13,15H,6-11H2,1-5H3,(H,23,25,29). The Morgan fingerprint density at radius 3 is 2.28 bits per heavy atom. The van der Waals surface area contributed by atoms with Gasteiger partial charge >= 0.3 is 0 Å². The molecule has 1 aromatic heterocycles. The van der Waals surface area contributed by atoms with Gasteiger partial charge in [0.25, 0.3) is 5.56 Å². The van der Waals surface area contributed by atoms with E-state index >= 15 is 0 Å². The number of hydrogen-bond donors (Lipinski definition) is 1. The summed E-state index contributed by atoms with van der Waals surface area (Å²) >= 11 is 0. The molecule has 0 spiro atoms. The lowest BCUT2D eigenvalue weighted by molar-refractivity contribution is -0.132. The lowest BCUT2D eigenvalue weighted by atomic mass is 10.0. The number of carbonyl (C=O) groups excluding carboxylic acids is 1. The molecule has 32 heavy (non-hydrogen) atoms. The van der Waals surface area contributed by atoms with Gasteiger partial charge in [-0.1, -0.05) is 0 Å². The van der Waals surface area contributed by atoms with E-state index in [4.69, 9.17) is 14.2 Å². The van der Waals surface area contributed by atoms with Crippen molar-refractivity contribution in [2.45, 2.75) is 31.7 Å². The number of rotatable bonds is 8. The van der Waals surface area contributed by atoms with Crippen molar-refractivity contribution >= 4 is 5.91 Å². The van der Waals surface area contributed by atoms with Gasteiger partial charge in [-0.25, -0.2) is 0 Å². The average molecular weight is 446 g/mol. The largest absolute Gasteiger partial charge is 0.493 e. The summed E-state index contributed by atoms with van der Waals surface area (Å²) in [5, 5.41) is 8.23. The van der Waals surface area contributed by atoms with Crippen LogP contribution in [-0.4, -0.2) is 85.4 Å². The Hall–Kier alpha value is -3.14. The molecule has 10 nitrogen and oxygen atoms in total. The van der Waals surface area contributed by atoms with Crippen molar-refractivity contribution in [2.75, 3.05) is 48.5 Å². The predicted molar refractivity (Wildman–Crippen MR) is 119 cm³/mol.